The number of aromatic nitrogens is 1. The summed E-state index contributed by atoms with van der Waals surface area (Å²) in [4.78, 5) is 32.8. The lowest BCUT2D eigenvalue weighted by Crippen LogP contribution is -2.11. The zero-order valence-electron chi connectivity index (χ0n) is 13.9. The summed E-state index contributed by atoms with van der Waals surface area (Å²) in [6.45, 7) is 0. The van der Waals surface area contributed by atoms with Gasteiger partial charge in [-0.2, -0.15) is 0 Å². The summed E-state index contributed by atoms with van der Waals surface area (Å²) in [7, 11) is 0. The Balaban J connectivity index is 1.57. The van der Waals surface area contributed by atoms with Crippen molar-refractivity contribution in [2.24, 2.45) is 10.2 Å². The Morgan fingerprint density at radius 3 is 2.48 bits per heavy atom. The van der Waals surface area contributed by atoms with Gasteiger partial charge < -0.3 is 4.84 Å². The van der Waals surface area contributed by atoms with Crippen molar-refractivity contribution in [3.05, 3.63) is 87.8 Å². The van der Waals surface area contributed by atoms with Gasteiger partial charge >= 0.3 is 5.97 Å². The summed E-state index contributed by atoms with van der Waals surface area (Å²) in [6, 6.07) is 17.0. The second-order valence-corrected chi connectivity index (χ2v) is 6.43. The molecule has 1 aromatic heterocycles. The first-order valence-electron chi connectivity index (χ1n) is 7.81. The largest absolute Gasteiger partial charge is 0.363 e. The highest BCUT2D eigenvalue weighted by Crippen LogP contribution is 2.18. The maximum absolute atomic E-state index is 12.1. The molecule has 0 unspecified atom stereocenters. The number of anilines is 1. The van der Waals surface area contributed by atoms with E-state index in [1.54, 1.807) is 54.7 Å². The van der Waals surface area contributed by atoms with E-state index in [1.165, 1.54) is 6.20 Å². The second kappa shape index (κ2) is 8.99. The Hall–Kier alpha value is -3.14. The molecule has 0 aliphatic heterocycles. The summed E-state index contributed by atoms with van der Waals surface area (Å²) < 4.78 is 0.802. The van der Waals surface area contributed by atoms with Gasteiger partial charge in [0.05, 0.1) is 22.5 Å². The van der Waals surface area contributed by atoms with E-state index in [1.807, 2.05) is 12.1 Å². The van der Waals surface area contributed by atoms with Gasteiger partial charge in [-0.15, -0.1) is 10.2 Å². The monoisotopic (exact) mass is 472 g/mol. The van der Waals surface area contributed by atoms with E-state index in [9.17, 15) is 9.59 Å². The number of halogens is 1. The lowest BCUT2D eigenvalue weighted by molar-refractivity contribution is 0.0595. The molecule has 1 amide bonds. The first-order chi connectivity index (χ1) is 13.1. The van der Waals surface area contributed by atoms with Crippen molar-refractivity contribution in [1.82, 2.24) is 4.98 Å². The molecule has 7 nitrogen and oxygen atoms in total. The average molecular weight is 472 g/mol. The van der Waals surface area contributed by atoms with Gasteiger partial charge in [-0.1, -0.05) is 12.1 Å². The van der Waals surface area contributed by atoms with E-state index in [4.69, 9.17) is 4.84 Å². The highest BCUT2D eigenvalue weighted by atomic mass is 127. The van der Waals surface area contributed by atoms with Gasteiger partial charge in [0.15, 0.2) is 0 Å². The number of nitrogens with zero attached hydrogens (tertiary/aromatic N) is 3. The molecular weight excluding hydrogens is 459 g/mol. The average Bonchev–Trinajstić information content (AvgIpc) is 2.72. The van der Waals surface area contributed by atoms with Crippen molar-refractivity contribution in [3.8, 4) is 0 Å². The summed E-state index contributed by atoms with van der Waals surface area (Å²) in [6.07, 6.45) is 3.00. The van der Waals surface area contributed by atoms with Crippen molar-refractivity contribution < 1.29 is 14.4 Å². The van der Waals surface area contributed by atoms with Crippen LogP contribution >= 0.6 is 22.6 Å². The predicted molar refractivity (Wildman–Crippen MR) is 108 cm³/mol. The molecule has 2 aromatic carbocycles. The molecule has 3 rings (SSSR count). The first kappa shape index (κ1) is 18.6. The van der Waals surface area contributed by atoms with Gasteiger partial charge in [0, 0.05) is 16.0 Å². The summed E-state index contributed by atoms with van der Waals surface area (Å²) in [5.41, 5.74) is 4.48. The quantitative estimate of drug-likeness (QED) is 0.328. The fourth-order valence-electron chi connectivity index (χ4n) is 2.03. The van der Waals surface area contributed by atoms with Crippen LogP contribution in [0.1, 0.15) is 20.7 Å². The van der Waals surface area contributed by atoms with E-state index < -0.39 is 11.9 Å². The molecule has 3 aromatic rings. The number of nitrogens with one attached hydrogen (secondary N) is 1. The van der Waals surface area contributed by atoms with Crippen LogP contribution in [0.3, 0.4) is 0 Å². The standard InChI is InChI=1S/C19H13IN4O3/c20-17-6-2-1-5-16(17)19(26)27-24-15-9-7-14(8-10-15)22-23-18(25)13-4-3-11-21-12-13/h1-12,24H. The van der Waals surface area contributed by atoms with E-state index in [0.717, 1.165) is 3.57 Å². The Morgan fingerprint density at radius 2 is 1.78 bits per heavy atom. The predicted octanol–water partition coefficient (Wildman–Crippen LogP) is 4.79. The lowest BCUT2D eigenvalue weighted by atomic mass is 10.2. The Bertz CT molecular complexity index is 976. The van der Waals surface area contributed by atoms with Crippen molar-refractivity contribution in [2.45, 2.75) is 0 Å². The number of amides is 1. The number of azo groups is 1. The number of carbonyl (C=O) groups excluding carboxylic acids is 2. The van der Waals surface area contributed by atoms with Gasteiger partial charge in [0.1, 0.15) is 0 Å². The summed E-state index contributed by atoms with van der Waals surface area (Å²) in [5, 5.41) is 7.55. The number of hydrogen-bond acceptors (Lipinski definition) is 6. The fraction of sp³-hybridized carbons (Fsp3) is 0. The van der Waals surface area contributed by atoms with Crippen molar-refractivity contribution >= 4 is 45.8 Å². The maximum atomic E-state index is 12.1. The van der Waals surface area contributed by atoms with E-state index in [0.29, 0.717) is 22.5 Å². The number of carbonyl (C=O) groups is 2. The molecule has 0 fully saturated rings. The first-order valence-corrected chi connectivity index (χ1v) is 8.89. The normalized spacial score (nSPS) is 10.6. The Labute approximate surface area is 168 Å². The molecule has 0 radical (unpaired) electrons. The highest BCUT2D eigenvalue weighted by molar-refractivity contribution is 14.1. The molecule has 0 bridgehead atoms. The number of rotatable bonds is 5. The minimum absolute atomic E-state index is 0.363. The molecule has 0 aliphatic carbocycles. The van der Waals surface area contributed by atoms with Gasteiger partial charge in [-0.25, -0.2) is 10.3 Å². The van der Waals surface area contributed by atoms with Crippen LogP contribution in [0.25, 0.3) is 0 Å². The van der Waals surface area contributed by atoms with Crippen LogP contribution in [-0.2, 0) is 4.84 Å². The van der Waals surface area contributed by atoms with Gasteiger partial charge in [-0.05, 0) is 71.1 Å². The molecule has 1 heterocycles. The van der Waals surface area contributed by atoms with Crippen LogP contribution in [0.15, 0.2) is 83.3 Å². The van der Waals surface area contributed by atoms with Crippen LogP contribution in [-0.4, -0.2) is 16.9 Å². The zero-order valence-corrected chi connectivity index (χ0v) is 16.0. The van der Waals surface area contributed by atoms with Gasteiger partial charge in [0.2, 0.25) is 0 Å². The number of pyridine rings is 1. The molecule has 8 heteroatoms. The molecule has 134 valence electrons. The Morgan fingerprint density at radius 1 is 1.00 bits per heavy atom. The van der Waals surface area contributed by atoms with Crippen LogP contribution in [0.5, 0.6) is 0 Å². The molecule has 1 N–H and O–H groups in total. The SMILES string of the molecule is O=C(N=Nc1ccc(NOC(=O)c2ccccc2I)cc1)c1cccnc1. The highest BCUT2D eigenvalue weighted by Gasteiger charge is 2.11. The van der Waals surface area contributed by atoms with Crippen LogP contribution in [0, 0.1) is 3.57 Å². The summed E-state index contributed by atoms with van der Waals surface area (Å²) in [5.74, 6) is -0.956. The minimum Gasteiger partial charge on any atom is -0.338 e. The van der Waals surface area contributed by atoms with Crippen molar-refractivity contribution in [1.29, 1.82) is 0 Å². The molecule has 0 saturated heterocycles. The van der Waals surface area contributed by atoms with E-state index in [2.05, 4.69) is 43.3 Å². The third-order valence-corrected chi connectivity index (χ3v) is 4.33. The third-order valence-electron chi connectivity index (χ3n) is 3.39. The number of benzene rings is 2. The van der Waals surface area contributed by atoms with Crippen LogP contribution < -0.4 is 5.48 Å². The third kappa shape index (κ3) is 5.17. The summed E-state index contributed by atoms with van der Waals surface area (Å²) >= 11 is 2.07. The van der Waals surface area contributed by atoms with Gasteiger partial charge in [-0.3, -0.25) is 9.78 Å². The van der Waals surface area contributed by atoms with Crippen molar-refractivity contribution in [2.75, 3.05) is 5.48 Å². The van der Waals surface area contributed by atoms with Crippen LogP contribution in [0.2, 0.25) is 0 Å². The zero-order chi connectivity index (χ0) is 19.1. The van der Waals surface area contributed by atoms with Crippen molar-refractivity contribution in [3.63, 3.8) is 0 Å². The molecule has 0 spiro atoms. The fourth-order valence-corrected chi connectivity index (χ4v) is 2.64. The number of hydrogen-bond donors (Lipinski definition) is 1. The van der Waals surface area contributed by atoms with E-state index in [-0.39, 0.29) is 0 Å². The van der Waals surface area contributed by atoms with E-state index >= 15 is 0 Å². The smallest absolute Gasteiger partial charge is 0.338 e. The molecule has 27 heavy (non-hydrogen) atoms. The van der Waals surface area contributed by atoms with Gasteiger partial charge in [0.25, 0.3) is 5.91 Å². The molecule has 0 saturated carbocycles. The molecular formula is C19H13IN4O3. The second-order valence-electron chi connectivity index (χ2n) is 5.27. The Kier molecular flexibility index (Phi) is 6.21. The molecule has 0 atom stereocenters. The maximum Gasteiger partial charge on any atom is 0.363 e. The topological polar surface area (TPSA) is 93.0 Å². The lowest BCUT2D eigenvalue weighted by Gasteiger charge is -2.07. The van der Waals surface area contributed by atoms with Crippen LogP contribution in [0.4, 0.5) is 11.4 Å². The molecule has 0 aliphatic rings. The minimum atomic E-state index is -0.481.